The standard InChI is InChI=1S/C19H26N4O4/c1-4-12-10-20-17-15(16(12)27-5-2)18(25)23(19(26)22(17)3)11-14(24)21-13-8-6-7-9-13/h10,13,15H,4-9,11H2,1-3H3/p+1. The van der Waals surface area contributed by atoms with Crippen molar-refractivity contribution < 1.29 is 23.7 Å². The molecular formula is C19H27N4O4+. The lowest BCUT2D eigenvalue weighted by Gasteiger charge is -2.29. The van der Waals surface area contributed by atoms with E-state index in [1.165, 1.54) is 4.58 Å². The van der Waals surface area contributed by atoms with Gasteiger partial charge in [0.05, 0.1) is 13.7 Å². The van der Waals surface area contributed by atoms with Crippen LogP contribution in [-0.2, 0) is 14.3 Å². The third-order valence-electron chi connectivity index (χ3n) is 5.27. The zero-order valence-corrected chi connectivity index (χ0v) is 16.2. The van der Waals surface area contributed by atoms with Gasteiger partial charge in [-0.25, -0.2) is 4.79 Å². The Hall–Kier alpha value is -2.51. The minimum absolute atomic E-state index is 0.136. The number of urea groups is 1. The lowest BCUT2D eigenvalue weighted by atomic mass is 9.94. The Labute approximate surface area is 159 Å². The monoisotopic (exact) mass is 375 g/mol. The van der Waals surface area contributed by atoms with Crippen molar-refractivity contribution in [3.63, 3.8) is 0 Å². The van der Waals surface area contributed by atoms with Crippen LogP contribution in [-0.4, -0.2) is 65.6 Å². The van der Waals surface area contributed by atoms with Gasteiger partial charge >= 0.3 is 11.9 Å². The van der Waals surface area contributed by atoms with Crippen molar-refractivity contribution in [3.05, 3.63) is 11.3 Å². The maximum atomic E-state index is 13.1. The van der Waals surface area contributed by atoms with Crippen molar-refractivity contribution in [3.8, 4) is 0 Å². The summed E-state index contributed by atoms with van der Waals surface area (Å²) in [5, 5.41) is 2.93. The molecule has 1 saturated carbocycles. The highest BCUT2D eigenvalue weighted by Gasteiger charge is 2.51. The molecule has 27 heavy (non-hydrogen) atoms. The Kier molecular flexibility index (Phi) is 5.72. The van der Waals surface area contributed by atoms with Crippen LogP contribution < -0.4 is 5.32 Å². The molecule has 1 unspecified atom stereocenters. The van der Waals surface area contributed by atoms with Gasteiger partial charge in [0.1, 0.15) is 12.0 Å². The fraction of sp³-hybridized carbons (Fsp3) is 0.632. The van der Waals surface area contributed by atoms with Crippen molar-refractivity contribution in [2.75, 3.05) is 20.2 Å². The minimum Gasteiger partial charge on any atom is -0.496 e. The average molecular weight is 375 g/mol. The minimum atomic E-state index is -0.785. The van der Waals surface area contributed by atoms with Gasteiger partial charge in [0, 0.05) is 11.6 Å². The molecule has 0 aromatic carbocycles. The molecule has 4 amide bonds. The van der Waals surface area contributed by atoms with E-state index in [1.54, 1.807) is 13.3 Å². The second-order valence-corrected chi connectivity index (χ2v) is 7.04. The molecule has 1 aliphatic carbocycles. The number of nitrogens with zero attached hydrogens (tertiary/aromatic N) is 3. The van der Waals surface area contributed by atoms with E-state index < -0.39 is 17.9 Å². The number of nitrogens with one attached hydrogen (secondary N) is 1. The van der Waals surface area contributed by atoms with Gasteiger partial charge in [0.25, 0.3) is 11.7 Å². The zero-order chi connectivity index (χ0) is 19.6. The molecule has 2 heterocycles. The summed E-state index contributed by atoms with van der Waals surface area (Å²) in [6.45, 7) is 3.93. The first-order valence-corrected chi connectivity index (χ1v) is 9.63. The molecule has 3 rings (SSSR count). The highest BCUT2D eigenvalue weighted by atomic mass is 16.5. The molecule has 0 aromatic heterocycles. The van der Waals surface area contributed by atoms with Crippen LogP contribution in [0.15, 0.2) is 16.3 Å². The number of hydrogen-bond donors (Lipinski definition) is 1. The predicted octanol–water partition coefficient (Wildman–Crippen LogP) is 1.45. The Morgan fingerprint density at radius 3 is 2.67 bits per heavy atom. The van der Waals surface area contributed by atoms with E-state index in [0.717, 1.165) is 36.2 Å². The summed E-state index contributed by atoms with van der Waals surface area (Å²) in [5.41, 5.74) is 0.831. The first-order chi connectivity index (χ1) is 13.0. The third-order valence-corrected chi connectivity index (χ3v) is 5.27. The van der Waals surface area contributed by atoms with Crippen molar-refractivity contribution >= 4 is 29.9 Å². The van der Waals surface area contributed by atoms with E-state index in [-0.39, 0.29) is 18.5 Å². The van der Waals surface area contributed by atoms with Crippen LogP contribution in [0, 0.1) is 5.92 Å². The number of carbonyl (C=O) groups is 3. The zero-order valence-electron chi connectivity index (χ0n) is 16.2. The Bertz CT molecular complexity index is 747. The number of dihydropyridines is 1. The summed E-state index contributed by atoms with van der Waals surface area (Å²) in [6.07, 6.45) is 6.39. The van der Waals surface area contributed by atoms with E-state index in [4.69, 9.17) is 4.74 Å². The molecule has 0 saturated heterocycles. The number of imide groups is 1. The Morgan fingerprint density at radius 1 is 1.33 bits per heavy atom. The van der Waals surface area contributed by atoms with Crippen LogP contribution in [0.2, 0.25) is 0 Å². The van der Waals surface area contributed by atoms with Gasteiger partial charge in [-0.1, -0.05) is 19.8 Å². The number of ether oxygens (including phenoxy) is 1. The fourth-order valence-corrected chi connectivity index (χ4v) is 3.85. The van der Waals surface area contributed by atoms with Crippen LogP contribution in [0.25, 0.3) is 0 Å². The number of amides is 4. The first kappa shape index (κ1) is 19.3. The van der Waals surface area contributed by atoms with Crippen LogP contribution in [0.1, 0.15) is 46.0 Å². The van der Waals surface area contributed by atoms with Crippen molar-refractivity contribution in [1.82, 2.24) is 10.2 Å². The van der Waals surface area contributed by atoms with Gasteiger partial charge < -0.3 is 10.1 Å². The lowest BCUT2D eigenvalue weighted by molar-refractivity contribution is -0.408. The summed E-state index contributed by atoms with van der Waals surface area (Å²) in [7, 11) is 1.57. The van der Waals surface area contributed by atoms with Gasteiger partial charge in [-0.15, -0.1) is 4.99 Å². The number of rotatable bonds is 6. The SMILES string of the molecule is CCOC1=C(CC)C=NC2=[N+](C)C(=O)N(CC(=O)NC3CCCC3)C(=O)C12. The predicted molar refractivity (Wildman–Crippen MR) is 99.6 cm³/mol. The van der Waals surface area contributed by atoms with Gasteiger partial charge in [0.15, 0.2) is 12.5 Å². The highest BCUT2D eigenvalue weighted by molar-refractivity contribution is 6.16. The summed E-state index contributed by atoms with van der Waals surface area (Å²) in [4.78, 5) is 43.5. The third kappa shape index (κ3) is 3.65. The van der Waals surface area contributed by atoms with Gasteiger partial charge in [0.2, 0.25) is 0 Å². The fourth-order valence-electron chi connectivity index (χ4n) is 3.85. The van der Waals surface area contributed by atoms with Gasteiger partial charge in [-0.05, 0) is 26.2 Å². The van der Waals surface area contributed by atoms with Crippen LogP contribution in [0.4, 0.5) is 4.79 Å². The maximum absolute atomic E-state index is 13.1. The second-order valence-electron chi connectivity index (χ2n) is 7.04. The van der Waals surface area contributed by atoms with E-state index in [0.29, 0.717) is 24.6 Å². The van der Waals surface area contributed by atoms with E-state index in [2.05, 4.69) is 10.3 Å². The number of amidine groups is 1. The molecule has 1 N–H and O–H groups in total. The van der Waals surface area contributed by atoms with Crippen LogP contribution in [0.3, 0.4) is 0 Å². The lowest BCUT2D eigenvalue weighted by Crippen LogP contribution is -2.57. The second kappa shape index (κ2) is 8.02. The van der Waals surface area contributed by atoms with Crippen LogP contribution in [0.5, 0.6) is 0 Å². The number of fused-ring (bicyclic) bond motifs is 1. The molecule has 8 nitrogen and oxygen atoms in total. The highest BCUT2D eigenvalue weighted by Crippen LogP contribution is 2.29. The van der Waals surface area contributed by atoms with Gasteiger partial charge in [-0.3, -0.25) is 9.59 Å². The summed E-state index contributed by atoms with van der Waals surface area (Å²) >= 11 is 0. The Morgan fingerprint density at radius 2 is 2.04 bits per heavy atom. The largest absolute Gasteiger partial charge is 0.496 e. The van der Waals surface area contributed by atoms with Crippen molar-refractivity contribution in [1.29, 1.82) is 0 Å². The number of hydrogen-bond acceptors (Lipinski definition) is 5. The normalized spacial score (nSPS) is 23.2. The molecule has 8 heteroatoms. The smallest absolute Gasteiger partial charge is 0.446 e. The maximum Gasteiger partial charge on any atom is 0.446 e. The molecule has 2 aliphatic heterocycles. The van der Waals surface area contributed by atoms with E-state index in [1.807, 2.05) is 13.8 Å². The topological polar surface area (TPSA) is 91.1 Å². The summed E-state index contributed by atoms with van der Waals surface area (Å²) in [6, 6.07) is -0.405. The van der Waals surface area contributed by atoms with Crippen molar-refractivity contribution in [2.45, 2.75) is 52.0 Å². The average Bonchev–Trinajstić information content (AvgIpc) is 3.16. The van der Waals surface area contributed by atoms with Crippen LogP contribution >= 0.6 is 0 Å². The first-order valence-electron chi connectivity index (χ1n) is 9.63. The summed E-state index contributed by atoms with van der Waals surface area (Å²) < 4.78 is 7.08. The molecule has 1 atom stereocenters. The molecule has 0 aromatic rings. The number of allylic oxidation sites excluding steroid dienone is 1. The molecule has 146 valence electrons. The molecule has 1 fully saturated rings. The van der Waals surface area contributed by atoms with Crippen molar-refractivity contribution in [2.24, 2.45) is 10.9 Å². The molecule has 0 spiro atoms. The Balaban J connectivity index is 1.86. The number of aliphatic imine (C=N–C) groups is 1. The molecule has 0 bridgehead atoms. The molecule has 0 radical (unpaired) electrons. The number of carbonyl (C=O) groups excluding carboxylic acids is 3. The molecule has 3 aliphatic rings. The molecular weight excluding hydrogens is 348 g/mol. The van der Waals surface area contributed by atoms with E-state index in [9.17, 15) is 14.4 Å². The quantitative estimate of drug-likeness (QED) is 0.712. The van der Waals surface area contributed by atoms with Gasteiger partial charge in [-0.2, -0.15) is 9.48 Å². The van der Waals surface area contributed by atoms with E-state index >= 15 is 0 Å². The summed E-state index contributed by atoms with van der Waals surface area (Å²) in [5.74, 6) is -0.682.